The van der Waals surface area contributed by atoms with Crippen LogP contribution in [0.15, 0.2) is 43.0 Å². The van der Waals surface area contributed by atoms with Crippen molar-refractivity contribution in [1.82, 2.24) is 14.8 Å². The summed E-state index contributed by atoms with van der Waals surface area (Å²) in [7, 11) is 0. The molecule has 2 aromatic rings. The molecule has 4 nitrogen and oxygen atoms in total. The van der Waals surface area contributed by atoms with E-state index in [-0.39, 0.29) is 5.56 Å². The maximum atomic E-state index is 13.4. The van der Waals surface area contributed by atoms with Crippen molar-refractivity contribution in [3.8, 4) is 0 Å². The second-order valence-electron chi connectivity index (χ2n) is 4.35. The van der Waals surface area contributed by atoms with Crippen molar-refractivity contribution in [3.63, 3.8) is 0 Å². The van der Waals surface area contributed by atoms with Gasteiger partial charge in [0, 0.05) is 11.6 Å². The van der Waals surface area contributed by atoms with Gasteiger partial charge in [0.1, 0.15) is 24.3 Å². The monoisotopic (exact) mass is 279 g/mol. The molecule has 2 rings (SSSR count). The first-order valence-electron chi connectivity index (χ1n) is 6.27. The lowest BCUT2D eigenvalue weighted by molar-refractivity contribution is 0.164. The first-order chi connectivity index (χ1) is 9.66. The SMILES string of the molecule is OC(CC/C=C/Cn1cncn1)c1ccc(F)cc1F. The fraction of sp³-hybridized carbons (Fsp3) is 0.286. The second kappa shape index (κ2) is 6.91. The molecule has 1 heterocycles. The number of aliphatic hydroxyl groups excluding tert-OH is 1. The Morgan fingerprint density at radius 2 is 2.15 bits per heavy atom. The molecular formula is C14H15F2N3O. The molecule has 0 saturated heterocycles. The summed E-state index contributed by atoms with van der Waals surface area (Å²) in [4.78, 5) is 3.81. The summed E-state index contributed by atoms with van der Waals surface area (Å²) in [6.45, 7) is 0.598. The molecule has 1 N–H and O–H groups in total. The highest BCUT2D eigenvalue weighted by Crippen LogP contribution is 2.22. The molecule has 0 bridgehead atoms. The van der Waals surface area contributed by atoms with Gasteiger partial charge in [0.2, 0.25) is 0 Å². The summed E-state index contributed by atoms with van der Waals surface area (Å²) in [5.74, 6) is -1.37. The average Bonchev–Trinajstić information content (AvgIpc) is 2.91. The van der Waals surface area contributed by atoms with Crippen molar-refractivity contribution in [2.24, 2.45) is 0 Å². The summed E-state index contributed by atoms with van der Waals surface area (Å²) in [6.07, 6.45) is 6.85. The van der Waals surface area contributed by atoms with Crippen LogP contribution in [0.4, 0.5) is 8.78 Å². The fourth-order valence-corrected chi connectivity index (χ4v) is 1.81. The summed E-state index contributed by atoms with van der Waals surface area (Å²) < 4.78 is 27.8. The van der Waals surface area contributed by atoms with Crippen molar-refractivity contribution in [1.29, 1.82) is 0 Å². The second-order valence-corrected chi connectivity index (χ2v) is 4.35. The molecule has 6 heteroatoms. The average molecular weight is 279 g/mol. The largest absolute Gasteiger partial charge is 0.388 e. The van der Waals surface area contributed by atoms with Crippen LogP contribution in [0.2, 0.25) is 0 Å². The van der Waals surface area contributed by atoms with Crippen LogP contribution in [0.25, 0.3) is 0 Å². The van der Waals surface area contributed by atoms with Crippen LogP contribution in [0.1, 0.15) is 24.5 Å². The van der Waals surface area contributed by atoms with Gasteiger partial charge in [0.05, 0.1) is 12.6 Å². The van der Waals surface area contributed by atoms with E-state index in [1.54, 1.807) is 11.0 Å². The lowest BCUT2D eigenvalue weighted by atomic mass is 10.0. The molecule has 0 aliphatic carbocycles. The van der Waals surface area contributed by atoms with E-state index < -0.39 is 17.7 Å². The highest BCUT2D eigenvalue weighted by Gasteiger charge is 2.12. The number of hydrogen-bond donors (Lipinski definition) is 1. The van der Waals surface area contributed by atoms with E-state index >= 15 is 0 Å². The van der Waals surface area contributed by atoms with Crippen LogP contribution in [-0.4, -0.2) is 19.9 Å². The van der Waals surface area contributed by atoms with Crippen molar-refractivity contribution < 1.29 is 13.9 Å². The highest BCUT2D eigenvalue weighted by atomic mass is 19.1. The smallest absolute Gasteiger partial charge is 0.137 e. The third-order valence-electron chi connectivity index (χ3n) is 2.85. The Morgan fingerprint density at radius 3 is 2.85 bits per heavy atom. The minimum Gasteiger partial charge on any atom is -0.388 e. The third kappa shape index (κ3) is 3.96. The Labute approximate surface area is 115 Å². The Balaban J connectivity index is 1.80. The number of aromatic nitrogens is 3. The number of nitrogens with zero attached hydrogens (tertiary/aromatic N) is 3. The summed E-state index contributed by atoms with van der Waals surface area (Å²) in [6, 6.07) is 3.19. The van der Waals surface area contributed by atoms with Crippen molar-refractivity contribution in [2.75, 3.05) is 0 Å². The standard InChI is InChI=1S/C14H15F2N3O/c15-11-5-6-12(13(16)8-11)14(20)4-2-1-3-7-19-10-17-9-18-19/h1,3,5-6,8-10,14,20H,2,4,7H2/b3-1+. The summed E-state index contributed by atoms with van der Waals surface area (Å²) in [5, 5.41) is 13.8. The number of benzene rings is 1. The quantitative estimate of drug-likeness (QED) is 0.827. The van der Waals surface area contributed by atoms with E-state index in [4.69, 9.17) is 0 Å². The predicted octanol–water partition coefficient (Wildman–Crippen LogP) is 2.63. The van der Waals surface area contributed by atoms with Gasteiger partial charge >= 0.3 is 0 Å². The van der Waals surface area contributed by atoms with Gasteiger partial charge in [-0.05, 0) is 18.9 Å². The van der Waals surface area contributed by atoms with Crippen LogP contribution >= 0.6 is 0 Å². The van der Waals surface area contributed by atoms with Crippen molar-refractivity contribution in [2.45, 2.75) is 25.5 Å². The Morgan fingerprint density at radius 1 is 1.30 bits per heavy atom. The van der Waals surface area contributed by atoms with Crippen LogP contribution in [0.5, 0.6) is 0 Å². The van der Waals surface area contributed by atoms with Crippen LogP contribution < -0.4 is 0 Å². The molecule has 20 heavy (non-hydrogen) atoms. The van der Waals surface area contributed by atoms with Gasteiger partial charge < -0.3 is 5.11 Å². The maximum Gasteiger partial charge on any atom is 0.137 e. The molecule has 0 aliphatic heterocycles. The third-order valence-corrected chi connectivity index (χ3v) is 2.85. The van der Waals surface area contributed by atoms with Gasteiger partial charge in [-0.3, -0.25) is 0 Å². The molecule has 0 aliphatic rings. The summed E-state index contributed by atoms with van der Waals surface area (Å²) in [5.41, 5.74) is 0.121. The zero-order chi connectivity index (χ0) is 14.4. The predicted molar refractivity (Wildman–Crippen MR) is 69.7 cm³/mol. The van der Waals surface area contributed by atoms with Gasteiger partial charge in [-0.15, -0.1) is 0 Å². The van der Waals surface area contributed by atoms with Gasteiger partial charge in [-0.25, -0.2) is 18.4 Å². The van der Waals surface area contributed by atoms with Crippen molar-refractivity contribution >= 4 is 0 Å². The normalized spacial score (nSPS) is 12.9. The van der Waals surface area contributed by atoms with Gasteiger partial charge in [-0.1, -0.05) is 18.2 Å². The number of hydrogen-bond acceptors (Lipinski definition) is 3. The number of rotatable bonds is 6. The van der Waals surface area contributed by atoms with Gasteiger partial charge in [-0.2, -0.15) is 5.10 Å². The van der Waals surface area contributed by atoms with E-state index in [2.05, 4.69) is 10.1 Å². The molecule has 0 radical (unpaired) electrons. The minimum absolute atomic E-state index is 0.121. The summed E-state index contributed by atoms with van der Waals surface area (Å²) >= 11 is 0. The molecule has 1 atom stereocenters. The van der Waals surface area contributed by atoms with Gasteiger partial charge in [0.15, 0.2) is 0 Å². The molecule has 1 aromatic carbocycles. The Bertz CT molecular complexity index is 570. The highest BCUT2D eigenvalue weighted by molar-refractivity contribution is 5.20. The lowest BCUT2D eigenvalue weighted by Crippen LogP contribution is -2.01. The van der Waals surface area contributed by atoms with E-state index in [0.29, 0.717) is 19.4 Å². The van der Waals surface area contributed by atoms with Gasteiger partial charge in [0.25, 0.3) is 0 Å². The Kier molecular flexibility index (Phi) is 4.95. The van der Waals surface area contributed by atoms with Crippen LogP contribution in [0.3, 0.4) is 0 Å². The Hall–Kier alpha value is -2.08. The molecule has 106 valence electrons. The molecule has 0 saturated carbocycles. The van der Waals surface area contributed by atoms with E-state index in [1.807, 2.05) is 12.2 Å². The maximum absolute atomic E-state index is 13.4. The molecule has 0 spiro atoms. The lowest BCUT2D eigenvalue weighted by Gasteiger charge is -2.10. The van der Waals surface area contributed by atoms with Crippen LogP contribution in [-0.2, 0) is 6.54 Å². The van der Waals surface area contributed by atoms with E-state index in [1.165, 1.54) is 12.4 Å². The topological polar surface area (TPSA) is 50.9 Å². The molecule has 1 aromatic heterocycles. The number of allylic oxidation sites excluding steroid dienone is 2. The number of aliphatic hydroxyl groups is 1. The van der Waals surface area contributed by atoms with E-state index in [0.717, 1.165) is 12.1 Å². The number of halogens is 2. The molecule has 1 unspecified atom stereocenters. The zero-order valence-corrected chi connectivity index (χ0v) is 10.8. The van der Waals surface area contributed by atoms with E-state index in [9.17, 15) is 13.9 Å². The first kappa shape index (κ1) is 14.3. The van der Waals surface area contributed by atoms with Crippen molar-refractivity contribution in [3.05, 3.63) is 60.2 Å². The first-order valence-corrected chi connectivity index (χ1v) is 6.27. The molecular weight excluding hydrogens is 264 g/mol. The molecule has 0 fully saturated rings. The zero-order valence-electron chi connectivity index (χ0n) is 10.8. The fourth-order valence-electron chi connectivity index (χ4n) is 1.81. The van der Waals surface area contributed by atoms with Crippen LogP contribution in [0, 0.1) is 11.6 Å². The molecule has 0 amide bonds. The minimum atomic E-state index is -0.938.